The lowest BCUT2D eigenvalue weighted by Gasteiger charge is -2.18. The van der Waals surface area contributed by atoms with Crippen molar-refractivity contribution in [3.05, 3.63) is 0 Å². The van der Waals surface area contributed by atoms with Gasteiger partial charge in [-0.2, -0.15) is 0 Å². The average Bonchev–Trinajstić information content (AvgIpc) is 2.50. The Balaban J connectivity index is 2.20. The molecule has 0 aromatic carbocycles. The predicted molar refractivity (Wildman–Crippen MR) is 54.3 cm³/mol. The summed E-state index contributed by atoms with van der Waals surface area (Å²) in [4.78, 5) is 0. The van der Waals surface area contributed by atoms with E-state index in [1.165, 1.54) is 45.1 Å². The highest BCUT2D eigenvalue weighted by Crippen LogP contribution is 2.34. The molecule has 0 spiro atoms. The summed E-state index contributed by atoms with van der Waals surface area (Å²) in [7, 11) is 2.08. The van der Waals surface area contributed by atoms with Crippen LogP contribution in [0, 0.1) is 11.8 Å². The van der Waals surface area contributed by atoms with Gasteiger partial charge < -0.3 is 5.32 Å². The highest BCUT2D eigenvalue weighted by molar-refractivity contribution is 4.78. The molecule has 0 aliphatic heterocycles. The van der Waals surface area contributed by atoms with Crippen LogP contribution in [0.5, 0.6) is 0 Å². The van der Waals surface area contributed by atoms with Gasteiger partial charge in [-0.15, -0.1) is 0 Å². The van der Waals surface area contributed by atoms with E-state index in [2.05, 4.69) is 19.3 Å². The van der Waals surface area contributed by atoms with Crippen LogP contribution in [0.25, 0.3) is 0 Å². The normalized spacial score (nSPS) is 29.5. The Hall–Kier alpha value is -0.0400. The third-order valence-corrected chi connectivity index (χ3v) is 3.21. The van der Waals surface area contributed by atoms with E-state index in [0.717, 1.165) is 11.8 Å². The summed E-state index contributed by atoms with van der Waals surface area (Å²) >= 11 is 0. The van der Waals surface area contributed by atoms with Gasteiger partial charge in [0.25, 0.3) is 0 Å². The second kappa shape index (κ2) is 5.58. The molecule has 72 valence electrons. The summed E-state index contributed by atoms with van der Waals surface area (Å²) in [6, 6.07) is 0. The van der Waals surface area contributed by atoms with Crippen molar-refractivity contribution in [2.24, 2.45) is 11.8 Å². The first-order valence-corrected chi connectivity index (χ1v) is 5.53. The fraction of sp³-hybridized carbons (Fsp3) is 1.00. The molecule has 0 bridgehead atoms. The molecule has 1 saturated carbocycles. The second-order valence-corrected chi connectivity index (χ2v) is 4.15. The first kappa shape index (κ1) is 10.0. The zero-order chi connectivity index (χ0) is 8.81. The van der Waals surface area contributed by atoms with Gasteiger partial charge in [-0.1, -0.05) is 39.0 Å². The summed E-state index contributed by atoms with van der Waals surface area (Å²) in [5.41, 5.74) is 0. The summed E-state index contributed by atoms with van der Waals surface area (Å²) in [6.45, 7) is 3.54. The Bertz CT molecular complexity index is 112. The maximum Gasteiger partial charge on any atom is -0.00209 e. The first-order chi connectivity index (χ1) is 5.88. The summed E-state index contributed by atoms with van der Waals surface area (Å²) in [6.07, 6.45) is 8.71. The van der Waals surface area contributed by atoms with Crippen LogP contribution < -0.4 is 5.32 Å². The van der Waals surface area contributed by atoms with E-state index in [0.29, 0.717) is 0 Å². The minimum Gasteiger partial charge on any atom is -0.319 e. The summed E-state index contributed by atoms with van der Waals surface area (Å²) < 4.78 is 0. The van der Waals surface area contributed by atoms with Crippen LogP contribution >= 0.6 is 0 Å². The Kier molecular flexibility index (Phi) is 4.67. The molecule has 1 N–H and O–H groups in total. The average molecular weight is 169 g/mol. The molecule has 12 heavy (non-hydrogen) atoms. The minimum atomic E-state index is 0.988. The van der Waals surface area contributed by atoms with Crippen molar-refractivity contribution in [1.29, 1.82) is 0 Å². The summed E-state index contributed by atoms with van der Waals surface area (Å²) in [5, 5.41) is 3.32. The number of hydrogen-bond donors (Lipinski definition) is 1. The summed E-state index contributed by atoms with van der Waals surface area (Å²) in [5.74, 6) is 2.03. The molecule has 1 heteroatoms. The van der Waals surface area contributed by atoms with Crippen LogP contribution in [0.15, 0.2) is 0 Å². The molecular formula is C11H23N. The van der Waals surface area contributed by atoms with E-state index in [-0.39, 0.29) is 0 Å². The van der Waals surface area contributed by atoms with Gasteiger partial charge >= 0.3 is 0 Å². The number of rotatable bonds is 5. The van der Waals surface area contributed by atoms with Crippen LogP contribution in [-0.4, -0.2) is 13.6 Å². The molecule has 1 fully saturated rings. The maximum atomic E-state index is 3.32. The number of nitrogens with one attached hydrogen (secondary N) is 1. The minimum absolute atomic E-state index is 0.988. The lowest BCUT2D eigenvalue weighted by atomic mass is 9.91. The molecule has 0 radical (unpaired) electrons. The van der Waals surface area contributed by atoms with E-state index in [1.54, 1.807) is 0 Å². The zero-order valence-electron chi connectivity index (χ0n) is 8.60. The van der Waals surface area contributed by atoms with E-state index < -0.39 is 0 Å². The molecule has 1 rings (SSSR count). The molecule has 0 saturated heterocycles. The van der Waals surface area contributed by atoms with Crippen molar-refractivity contribution < 1.29 is 0 Å². The molecule has 0 aromatic rings. The lowest BCUT2D eigenvalue weighted by Crippen LogP contribution is -2.21. The fourth-order valence-corrected chi connectivity index (χ4v) is 2.49. The molecule has 0 aromatic heterocycles. The Morgan fingerprint density at radius 3 is 2.67 bits per heavy atom. The van der Waals surface area contributed by atoms with Crippen molar-refractivity contribution >= 4 is 0 Å². The van der Waals surface area contributed by atoms with E-state index in [9.17, 15) is 0 Å². The molecule has 0 heterocycles. The zero-order valence-corrected chi connectivity index (χ0v) is 8.60. The molecule has 2 unspecified atom stereocenters. The van der Waals surface area contributed by atoms with E-state index in [4.69, 9.17) is 0 Å². The standard InChI is InChI=1S/C11H23N/c1-3-4-6-10-7-5-8-11(10)9-12-2/h10-12H,3-9H2,1-2H3. The molecule has 1 aliphatic carbocycles. The Labute approximate surface area is 76.9 Å². The van der Waals surface area contributed by atoms with Gasteiger partial charge in [0.2, 0.25) is 0 Å². The predicted octanol–water partition coefficient (Wildman–Crippen LogP) is 2.81. The molecule has 1 nitrogen and oxygen atoms in total. The quantitative estimate of drug-likeness (QED) is 0.667. The lowest BCUT2D eigenvalue weighted by molar-refractivity contribution is 0.347. The fourth-order valence-electron chi connectivity index (χ4n) is 2.49. The van der Waals surface area contributed by atoms with Crippen LogP contribution in [0.1, 0.15) is 45.4 Å². The number of hydrogen-bond acceptors (Lipinski definition) is 1. The van der Waals surface area contributed by atoms with Crippen molar-refractivity contribution in [2.75, 3.05) is 13.6 Å². The Morgan fingerprint density at radius 2 is 2.00 bits per heavy atom. The van der Waals surface area contributed by atoms with Gasteiger partial charge in [-0.05, 0) is 31.8 Å². The third kappa shape index (κ3) is 2.78. The van der Waals surface area contributed by atoms with Crippen molar-refractivity contribution in [2.45, 2.75) is 45.4 Å². The highest BCUT2D eigenvalue weighted by atomic mass is 14.8. The third-order valence-electron chi connectivity index (χ3n) is 3.21. The molecule has 0 amide bonds. The van der Waals surface area contributed by atoms with Crippen LogP contribution in [0.2, 0.25) is 0 Å². The van der Waals surface area contributed by atoms with Crippen LogP contribution in [0.3, 0.4) is 0 Å². The van der Waals surface area contributed by atoms with E-state index in [1.807, 2.05) is 0 Å². The van der Waals surface area contributed by atoms with E-state index >= 15 is 0 Å². The molecule has 1 aliphatic rings. The number of unbranched alkanes of at least 4 members (excludes halogenated alkanes) is 1. The van der Waals surface area contributed by atoms with Gasteiger partial charge in [0.1, 0.15) is 0 Å². The Morgan fingerprint density at radius 1 is 1.25 bits per heavy atom. The van der Waals surface area contributed by atoms with Gasteiger partial charge in [0.05, 0.1) is 0 Å². The second-order valence-electron chi connectivity index (χ2n) is 4.15. The van der Waals surface area contributed by atoms with Gasteiger partial charge in [0, 0.05) is 0 Å². The van der Waals surface area contributed by atoms with Gasteiger partial charge in [-0.3, -0.25) is 0 Å². The van der Waals surface area contributed by atoms with Crippen LogP contribution in [0.4, 0.5) is 0 Å². The SMILES string of the molecule is CCCCC1CCCC1CNC. The molecule has 2 atom stereocenters. The largest absolute Gasteiger partial charge is 0.319 e. The topological polar surface area (TPSA) is 12.0 Å². The smallest absolute Gasteiger partial charge is 0.00209 e. The van der Waals surface area contributed by atoms with Gasteiger partial charge in [0.15, 0.2) is 0 Å². The van der Waals surface area contributed by atoms with Crippen molar-refractivity contribution in [1.82, 2.24) is 5.32 Å². The van der Waals surface area contributed by atoms with Crippen molar-refractivity contribution in [3.63, 3.8) is 0 Å². The molecular weight excluding hydrogens is 146 g/mol. The highest BCUT2D eigenvalue weighted by Gasteiger charge is 2.25. The van der Waals surface area contributed by atoms with Gasteiger partial charge in [-0.25, -0.2) is 0 Å². The van der Waals surface area contributed by atoms with Crippen molar-refractivity contribution in [3.8, 4) is 0 Å². The first-order valence-electron chi connectivity index (χ1n) is 5.53. The monoisotopic (exact) mass is 169 g/mol. The van der Waals surface area contributed by atoms with Crippen LogP contribution in [-0.2, 0) is 0 Å². The maximum absolute atomic E-state index is 3.32.